The number of carbonyl (C=O) groups is 2. The summed E-state index contributed by atoms with van der Waals surface area (Å²) in [5.41, 5.74) is 5.25. The van der Waals surface area contributed by atoms with Crippen molar-refractivity contribution in [3.05, 3.63) is 0 Å². The van der Waals surface area contributed by atoms with Crippen LogP contribution in [0.4, 0.5) is 0 Å². The SMILES string of the molecule is CCCCC(CCCC)(CCC(=O)O)C(CCCC)(CCCC)C(N)=O. The van der Waals surface area contributed by atoms with E-state index >= 15 is 0 Å². The molecule has 0 fully saturated rings. The molecule has 154 valence electrons. The van der Waals surface area contributed by atoms with Crippen LogP contribution in [0.1, 0.15) is 118 Å². The summed E-state index contributed by atoms with van der Waals surface area (Å²) >= 11 is 0. The lowest BCUT2D eigenvalue weighted by molar-refractivity contribution is -0.146. The van der Waals surface area contributed by atoms with Gasteiger partial charge in [0, 0.05) is 6.42 Å². The molecule has 0 aromatic rings. The minimum atomic E-state index is -0.772. The molecule has 0 aromatic heterocycles. The lowest BCUT2D eigenvalue weighted by Crippen LogP contribution is -2.51. The first-order valence-corrected chi connectivity index (χ1v) is 10.9. The third-order valence-corrected chi connectivity index (χ3v) is 6.24. The maximum atomic E-state index is 12.9. The highest BCUT2D eigenvalue weighted by molar-refractivity contribution is 5.82. The van der Waals surface area contributed by atoms with Crippen LogP contribution in [0.15, 0.2) is 0 Å². The molecule has 0 atom stereocenters. The lowest BCUT2D eigenvalue weighted by Gasteiger charge is -2.50. The largest absolute Gasteiger partial charge is 0.481 e. The zero-order valence-corrected chi connectivity index (χ0v) is 17.7. The van der Waals surface area contributed by atoms with Gasteiger partial charge in [-0.3, -0.25) is 9.59 Å². The molecule has 0 aliphatic heterocycles. The van der Waals surface area contributed by atoms with Gasteiger partial charge in [-0.25, -0.2) is 0 Å². The first-order valence-electron chi connectivity index (χ1n) is 10.9. The summed E-state index contributed by atoms with van der Waals surface area (Å²) in [6.07, 6.45) is 12.3. The molecule has 0 heterocycles. The Bertz CT molecular complexity index is 390. The molecule has 0 aliphatic rings. The highest BCUT2D eigenvalue weighted by atomic mass is 16.4. The number of unbranched alkanes of at least 4 members (excludes halogenated alkanes) is 4. The van der Waals surface area contributed by atoms with Crippen molar-refractivity contribution >= 4 is 11.9 Å². The Hall–Kier alpha value is -1.06. The zero-order valence-electron chi connectivity index (χ0n) is 17.7. The van der Waals surface area contributed by atoms with Crippen LogP contribution in [0.25, 0.3) is 0 Å². The molecule has 26 heavy (non-hydrogen) atoms. The predicted molar refractivity (Wildman–Crippen MR) is 109 cm³/mol. The van der Waals surface area contributed by atoms with Crippen LogP contribution in [0.3, 0.4) is 0 Å². The Kier molecular flexibility index (Phi) is 12.6. The van der Waals surface area contributed by atoms with Gasteiger partial charge in [0.05, 0.1) is 5.41 Å². The summed E-state index contributed by atoms with van der Waals surface area (Å²) in [7, 11) is 0. The van der Waals surface area contributed by atoms with E-state index in [1.807, 2.05) is 0 Å². The van der Waals surface area contributed by atoms with E-state index in [2.05, 4.69) is 27.7 Å². The van der Waals surface area contributed by atoms with Crippen LogP contribution in [-0.2, 0) is 9.59 Å². The van der Waals surface area contributed by atoms with Crippen molar-refractivity contribution in [1.82, 2.24) is 0 Å². The van der Waals surface area contributed by atoms with Gasteiger partial charge < -0.3 is 10.8 Å². The topological polar surface area (TPSA) is 80.4 Å². The highest BCUT2D eigenvalue weighted by Gasteiger charge is 2.52. The molecule has 3 N–H and O–H groups in total. The van der Waals surface area contributed by atoms with Gasteiger partial charge in [0.15, 0.2) is 0 Å². The van der Waals surface area contributed by atoms with Gasteiger partial charge in [-0.05, 0) is 37.5 Å². The maximum absolute atomic E-state index is 12.9. The van der Waals surface area contributed by atoms with E-state index in [-0.39, 0.29) is 17.7 Å². The molecule has 0 rings (SSSR count). The minimum absolute atomic E-state index is 0.126. The third-order valence-electron chi connectivity index (χ3n) is 6.24. The Morgan fingerprint density at radius 1 is 0.731 bits per heavy atom. The van der Waals surface area contributed by atoms with Gasteiger partial charge in [0.25, 0.3) is 0 Å². The van der Waals surface area contributed by atoms with E-state index in [0.29, 0.717) is 6.42 Å². The van der Waals surface area contributed by atoms with Crippen LogP contribution in [-0.4, -0.2) is 17.0 Å². The Morgan fingerprint density at radius 3 is 1.42 bits per heavy atom. The Balaban J connectivity index is 6.15. The number of carboxylic acid groups (broad SMARTS) is 1. The van der Waals surface area contributed by atoms with E-state index < -0.39 is 11.4 Å². The number of hydrogen-bond donors (Lipinski definition) is 2. The molecule has 0 aromatic carbocycles. The minimum Gasteiger partial charge on any atom is -0.481 e. The molecule has 0 saturated heterocycles. The molecule has 0 bridgehead atoms. The molecule has 1 amide bonds. The summed E-state index contributed by atoms with van der Waals surface area (Å²) in [5.74, 6) is -0.969. The van der Waals surface area contributed by atoms with Crippen LogP contribution in [0.2, 0.25) is 0 Å². The number of carbonyl (C=O) groups excluding carboxylic acids is 1. The number of rotatable bonds is 17. The zero-order chi connectivity index (χ0) is 20.1. The van der Waals surface area contributed by atoms with Crippen LogP contribution in [0, 0.1) is 10.8 Å². The van der Waals surface area contributed by atoms with Crippen molar-refractivity contribution in [2.45, 2.75) is 118 Å². The number of carboxylic acids is 1. The molecule has 0 radical (unpaired) electrons. The fraction of sp³-hybridized carbons (Fsp3) is 0.909. The summed E-state index contributed by atoms with van der Waals surface area (Å²) in [4.78, 5) is 24.3. The molecule has 0 saturated carbocycles. The number of nitrogens with two attached hydrogens (primary N) is 1. The first kappa shape index (κ1) is 24.9. The molecule has 4 heteroatoms. The molecule has 4 nitrogen and oxygen atoms in total. The van der Waals surface area contributed by atoms with Crippen LogP contribution < -0.4 is 5.73 Å². The standard InChI is InChI=1S/C22H43NO3/c1-5-9-14-21(15-10-6-2,18-13-19(24)25)22(20(23)26,16-11-7-3)17-12-8-4/h5-18H2,1-4H3,(H2,23,26)(H,24,25). The smallest absolute Gasteiger partial charge is 0.303 e. The van der Waals surface area contributed by atoms with Crippen molar-refractivity contribution in [1.29, 1.82) is 0 Å². The van der Waals surface area contributed by atoms with Gasteiger partial charge in [0.1, 0.15) is 0 Å². The monoisotopic (exact) mass is 369 g/mol. The summed E-state index contributed by atoms with van der Waals surface area (Å²) in [6.45, 7) is 8.60. The van der Waals surface area contributed by atoms with E-state index in [1.54, 1.807) is 0 Å². The van der Waals surface area contributed by atoms with Gasteiger partial charge in [0.2, 0.25) is 5.91 Å². The average molecular weight is 370 g/mol. The van der Waals surface area contributed by atoms with Crippen molar-refractivity contribution < 1.29 is 14.7 Å². The maximum Gasteiger partial charge on any atom is 0.303 e. The van der Waals surface area contributed by atoms with E-state index in [4.69, 9.17) is 5.73 Å². The van der Waals surface area contributed by atoms with Crippen molar-refractivity contribution in [2.75, 3.05) is 0 Å². The highest BCUT2D eigenvalue weighted by Crippen LogP contribution is 2.56. The summed E-state index contributed by atoms with van der Waals surface area (Å²) < 4.78 is 0. The van der Waals surface area contributed by atoms with E-state index in [1.165, 1.54) is 0 Å². The van der Waals surface area contributed by atoms with E-state index in [9.17, 15) is 14.7 Å². The predicted octanol–water partition coefficient (Wildman–Crippen LogP) is 6.07. The van der Waals surface area contributed by atoms with Gasteiger partial charge in [-0.1, -0.05) is 79.1 Å². The molecule has 0 aliphatic carbocycles. The summed E-state index contributed by atoms with van der Waals surface area (Å²) in [5, 5.41) is 9.37. The molecular weight excluding hydrogens is 326 g/mol. The number of amides is 1. The molecule has 0 spiro atoms. The lowest BCUT2D eigenvalue weighted by atomic mass is 9.53. The van der Waals surface area contributed by atoms with E-state index in [0.717, 1.165) is 77.0 Å². The second kappa shape index (κ2) is 13.2. The second-order valence-electron chi connectivity index (χ2n) is 8.03. The molecular formula is C22H43NO3. The van der Waals surface area contributed by atoms with Crippen LogP contribution >= 0.6 is 0 Å². The molecule has 0 unspecified atom stereocenters. The fourth-order valence-electron chi connectivity index (χ4n) is 4.59. The van der Waals surface area contributed by atoms with Gasteiger partial charge >= 0.3 is 5.97 Å². The van der Waals surface area contributed by atoms with Crippen molar-refractivity contribution in [2.24, 2.45) is 16.6 Å². The summed E-state index contributed by atoms with van der Waals surface area (Å²) in [6, 6.07) is 0. The average Bonchev–Trinajstić information content (AvgIpc) is 2.61. The quantitative estimate of drug-likeness (QED) is 0.326. The number of primary amides is 1. The normalized spacial score (nSPS) is 12.3. The van der Waals surface area contributed by atoms with Gasteiger partial charge in [-0.15, -0.1) is 0 Å². The number of hydrogen-bond acceptors (Lipinski definition) is 2. The third kappa shape index (κ3) is 6.92. The van der Waals surface area contributed by atoms with Crippen LogP contribution in [0.5, 0.6) is 0 Å². The Morgan fingerprint density at radius 2 is 1.12 bits per heavy atom. The van der Waals surface area contributed by atoms with Crippen molar-refractivity contribution in [3.8, 4) is 0 Å². The second-order valence-corrected chi connectivity index (χ2v) is 8.03. The number of aliphatic carboxylic acids is 1. The van der Waals surface area contributed by atoms with Gasteiger partial charge in [-0.2, -0.15) is 0 Å². The van der Waals surface area contributed by atoms with Crippen molar-refractivity contribution in [3.63, 3.8) is 0 Å². The Labute approximate surface area is 161 Å². The first-order chi connectivity index (χ1) is 12.4. The fourth-order valence-corrected chi connectivity index (χ4v) is 4.59.